The zero-order chi connectivity index (χ0) is 15.8. The molecule has 0 saturated carbocycles. The van der Waals surface area contributed by atoms with Crippen molar-refractivity contribution in [3.05, 3.63) is 29.3 Å². The molecule has 1 saturated heterocycles. The van der Waals surface area contributed by atoms with E-state index < -0.39 is 9.05 Å². The van der Waals surface area contributed by atoms with Gasteiger partial charge in [-0.25, -0.2) is 8.42 Å². The minimum Gasteiger partial charge on any atom is -0.333 e. The zero-order valence-corrected chi connectivity index (χ0v) is 14.0. The molecule has 0 aromatic heterocycles. The van der Waals surface area contributed by atoms with Gasteiger partial charge < -0.3 is 4.90 Å². The van der Waals surface area contributed by atoms with Gasteiger partial charge in [0.2, 0.25) is 0 Å². The Balaban J connectivity index is 2.42. The third kappa shape index (κ3) is 3.40. The van der Waals surface area contributed by atoms with Crippen molar-refractivity contribution in [3.8, 4) is 0 Å². The van der Waals surface area contributed by atoms with Crippen molar-refractivity contribution in [1.29, 1.82) is 0 Å². The van der Waals surface area contributed by atoms with Crippen LogP contribution < -0.4 is 0 Å². The molecule has 0 bridgehead atoms. The molecule has 1 aliphatic heterocycles. The minimum atomic E-state index is -3.84. The Morgan fingerprint density at radius 3 is 2.57 bits per heavy atom. The number of likely N-dealkylation sites (tertiary alicyclic amines) is 1. The smallest absolute Gasteiger partial charge is 0.261 e. The molecule has 21 heavy (non-hydrogen) atoms. The topological polar surface area (TPSA) is 54.5 Å². The van der Waals surface area contributed by atoms with Crippen molar-refractivity contribution in [3.63, 3.8) is 0 Å². The second-order valence-corrected chi connectivity index (χ2v) is 8.24. The Labute approximate surface area is 130 Å². The Morgan fingerprint density at radius 1 is 1.33 bits per heavy atom. The lowest BCUT2D eigenvalue weighted by Crippen LogP contribution is -2.39. The maximum absolute atomic E-state index is 12.7. The average Bonchev–Trinajstić information content (AvgIpc) is 2.77. The van der Waals surface area contributed by atoms with Gasteiger partial charge in [0.05, 0.1) is 4.90 Å². The summed E-state index contributed by atoms with van der Waals surface area (Å²) in [5.41, 5.74) is 1.10. The summed E-state index contributed by atoms with van der Waals surface area (Å²) in [7, 11) is 1.56. The number of benzene rings is 1. The standard InChI is InChI=1S/C15H20ClNO3S/c1-4-13-6-5-11(3)17(13)15(18)12-7-10(2)8-14(9-12)21(16,19)20/h7-9,11,13H,4-6H2,1-3H3. The van der Waals surface area contributed by atoms with E-state index >= 15 is 0 Å². The SMILES string of the molecule is CCC1CCC(C)N1C(=O)c1cc(C)cc(S(=O)(=O)Cl)c1. The molecule has 0 aliphatic carbocycles. The monoisotopic (exact) mass is 329 g/mol. The molecule has 1 amide bonds. The molecule has 2 unspecified atom stereocenters. The lowest BCUT2D eigenvalue weighted by molar-refractivity contribution is 0.0676. The molecule has 0 radical (unpaired) electrons. The number of aryl methyl sites for hydroxylation is 1. The maximum Gasteiger partial charge on any atom is 0.261 e. The predicted molar refractivity (Wildman–Crippen MR) is 83.2 cm³/mol. The van der Waals surface area contributed by atoms with Crippen LogP contribution in [0.25, 0.3) is 0 Å². The first-order chi connectivity index (χ1) is 9.74. The Morgan fingerprint density at radius 2 is 2.00 bits per heavy atom. The van der Waals surface area contributed by atoms with Gasteiger partial charge >= 0.3 is 0 Å². The van der Waals surface area contributed by atoms with E-state index in [-0.39, 0.29) is 22.9 Å². The molecule has 6 heteroatoms. The van der Waals surface area contributed by atoms with Crippen LogP contribution in [0, 0.1) is 6.92 Å². The quantitative estimate of drug-likeness (QED) is 0.799. The summed E-state index contributed by atoms with van der Waals surface area (Å²) in [6, 6.07) is 4.97. The number of amides is 1. The number of hydrogen-bond donors (Lipinski definition) is 0. The molecule has 1 aromatic carbocycles. The highest BCUT2D eigenvalue weighted by molar-refractivity contribution is 8.13. The van der Waals surface area contributed by atoms with E-state index in [1.54, 1.807) is 13.0 Å². The molecule has 1 fully saturated rings. The largest absolute Gasteiger partial charge is 0.333 e. The number of halogens is 1. The van der Waals surface area contributed by atoms with Crippen LogP contribution in [0.5, 0.6) is 0 Å². The summed E-state index contributed by atoms with van der Waals surface area (Å²) in [4.78, 5) is 14.6. The number of nitrogens with zero attached hydrogens (tertiary/aromatic N) is 1. The van der Waals surface area contributed by atoms with E-state index in [9.17, 15) is 13.2 Å². The van der Waals surface area contributed by atoms with Crippen LogP contribution in [0.4, 0.5) is 0 Å². The summed E-state index contributed by atoms with van der Waals surface area (Å²) >= 11 is 0. The number of carbonyl (C=O) groups excluding carboxylic acids is 1. The Bertz CT molecular complexity index is 657. The van der Waals surface area contributed by atoms with Crippen molar-refractivity contribution < 1.29 is 13.2 Å². The molecule has 1 aliphatic rings. The molecule has 0 N–H and O–H groups in total. The zero-order valence-electron chi connectivity index (χ0n) is 12.5. The molecule has 1 heterocycles. The van der Waals surface area contributed by atoms with Gasteiger partial charge in [0.1, 0.15) is 0 Å². The number of carbonyl (C=O) groups is 1. The first kappa shape index (κ1) is 16.3. The van der Waals surface area contributed by atoms with Crippen LogP contribution in [-0.4, -0.2) is 31.3 Å². The van der Waals surface area contributed by atoms with Crippen LogP contribution in [0.15, 0.2) is 23.1 Å². The molecular formula is C15H20ClNO3S. The van der Waals surface area contributed by atoms with Crippen molar-refractivity contribution in [1.82, 2.24) is 4.90 Å². The van der Waals surface area contributed by atoms with Crippen LogP contribution in [0.2, 0.25) is 0 Å². The molecular weight excluding hydrogens is 310 g/mol. The van der Waals surface area contributed by atoms with Crippen LogP contribution in [0.1, 0.15) is 49.0 Å². The van der Waals surface area contributed by atoms with Gasteiger partial charge in [-0.1, -0.05) is 6.92 Å². The fourth-order valence-corrected chi connectivity index (χ4v) is 3.86. The molecule has 116 valence electrons. The van der Waals surface area contributed by atoms with E-state index in [2.05, 4.69) is 6.92 Å². The van der Waals surface area contributed by atoms with Crippen molar-refractivity contribution >= 4 is 25.6 Å². The van der Waals surface area contributed by atoms with Gasteiger partial charge in [-0.2, -0.15) is 0 Å². The van der Waals surface area contributed by atoms with E-state index in [4.69, 9.17) is 10.7 Å². The summed E-state index contributed by atoms with van der Waals surface area (Å²) in [6.07, 6.45) is 2.88. The molecule has 1 aromatic rings. The lowest BCUT2D eigenvalue weighted by Gasteiger charge is -2.28. The van der Waals surface area contributed by atoms with E-state index in [1.165, 1.54) is 12.1 Å². The van der Waals surface area contributed by atoms with Crippen LogP contribution in [0.3, 0.4) is 0 Å². The minimum absolute atomic E-state index is 0.0209. The first-order valence-electron chi connectivity index (χ1n) is 7.13. The molecule has 2 rings (SSSR count). The summed E-state index contributed by atoms with van der Waals surface area (Å²) in [5.74, 6) is -0.114. The van der Waals surface area contributed by atoms with Gasteiger partial charge in [-0.15, -0.1) is 0 Å². The maximum atomic E-state index is 12.7. The second-order valence-electron chi connectivity index (χ2n) is 5.67. The lowest BCUT2D eigenvalue weighted by atomic mass is 10.1. The van der Waals surface area contributed by atoms with Crippen LogP contribution in [-0.2, 0) is 9.05 Å². The normalized spacial score (nSPS) is 22.6. The summed E-state index contributed by atoms with van der Waals surface area (Å²) < 4.78 is 23.0. The first-order valence-corrected chi connectivity index (χ1v) is 9.44. The number of rotatable bonds is 3. The number of hydrogen-bond acceptors (Lipinski definition) is 3. The van der Waals surface area contributed by atoms with Gasteiger partial charge in [0.15, 0.2) is 0 Å². The van der Waals surface area contributed by atoms with E-state index in [1.807, 2.05) is 11.8 Å². The molecule has 2 atom stereocenters. The fraction of sp³-hybridized carbons (Fsp3) is 0.533. The third-order valence-corrected chi connectivity index (χ3v) is 5.40. The van der Waals surface area contributed by atoms with E-state index in [0.717, 1.165) is 19.3 Å². The van der Waals surface area contributed by atoms with Crippen LogP contribution >= 0.6 is 10.7 Å². The highest BCUT2D eigenvalue weighted by Crippen LogP contribution is 2.29. The molecule has 4 nitrogen and oxygen atoms in total. The Hall–Kier alpha value is -1.07. The Kier molecular flexibility index (Phi) is 4.63. The van der Waals surface area contributed by atoms with Gasteiger partial charge in [0, 0.05) is 28.3 Å². The second kappa shape index (κ2) is 5.97. The predicted octanol–water partition coefficient (Wildman–Crippen LogP) is 3.33. The highest BCUT2D eigenvalue weighted by Gasteiger charge is 2.34. The summed E-state index contributed by atoms with van der Waals surface area (Å²) in [6.45, 7) is 5.85. The van der Waals surface area contributed by atoms with Gasteiger partial charge in [-0.3, -0.25) is 4.79 Å². The third-order valence-electron chi connectivity index (χ3n) is 4.07. The summed E-state index contributed by atoms with van der Waals surface area (Å²) in [5, 5.41) is 0. The highest BCUT2D eigenvalue weighted by atomic mass is 35.7. The van der Waals surface area contributed by atoms with Gasteiger partial charge in [-0.05, 0) is 56.9 Å². The van der Waals surface area contributed by atoms with Crippen molar-refractivity contribution in [2.45, 2.75) is 57.0 Å². The van der Waals surface area contributed by atoms with Gasteiger partial charge in [0.25, 0.3) is 15.0 Å². The fourth-order valence-electron chi connectivity index (χ4n) is 3.00. The van der Waals surface area contributed by atoms with Crippen molar-refractivity contribution in [2.75, 3.05) is 0 Å². The van der Waals surface area contributed by atoms with E-state index in [0.29, 0.717) is 11.1 Å². The molecule has 0 spiro atoms. The average molecular weight is 330 g/mol. The van der Waals surface area contributed by atoms with Crippen molar-refractivity contribution in [2.24, 2.45) is 0 Å².